The number of rotatable bonds is 7. The Hall–Kier alpha value is -1.35. The molecule has 0 heterocycles. The first-order valence-electron chi connectivity index (χ1n) is 7.62. The maximum Gasteiger partial charge on any atom is 0.0841 e. The molecule has 2 rings (SSSR count). The van der Waals surface area contributed by atoms with Crippen molar-refractivity contribution in [2.45, 2.75) is 26.1 Å². The highest BCUT2D eigenvalue weighted by Gasteiger charge is 2.13. The average molecular weight is 318 g/mol. The summed E-state index contributed by atoms with van der Waals surface area (Å²) >= 11 is 5.98. The smallest absolute Gasteiger partial charge is 0.0841 e. The Bertz CT molecular complexity index is 563. The fourth-order valence-corrected chi connectivity index (χ4v) is 2.41. The molecule has 0 radical (unpaired) electrons. The van der Waals surface area contributed by atoms with E-state index in [4.69, 9.17) is 16.3 Å². The van der Waals surface area contributed by atoms with Gasteiger partial charge >= 0.3 is 0 Å². The molecule has 2 aromatic rings. The lowest BCUT2D eigenvalue weighted by molar-refractivity contribution is 0.0296. The molecule has 0 saturated carbocycles. The van der Waals surface area contributed by atoms with Crippen LogP contribution in [0.5, 0.6) is 0 Å². The molecule has 0 fully saturated rings. The predicted octanol–water partition coefficient (Wildman–Crippen LogP) is 4.86. The molecule has 118 valence electrons. The molecule has 22 heavy (non-hydrogen) atoms. The van der Waals surface area contributed by atoms with Crippen molar-refractivity contribution in [3.8, 4) is 0 Å². The lowest BCUT2D eigenvalue weighted by atomic mass is 10.1. The van der Waals surface area contributed by atoms with Crippen molar-refractivity contribution >= 4 is 11.6 Å². The molecular weight excluding hydrogens is 294 g/mol. The highest BCUT2D eigenvalue weighted by Crippen LogP contribution is 2.24. The van der Waals surface area contributed by atoms with Gasteiger partial charge in [-0.05, 0) is 50.7 Å². The molecule has 0 amide bonds. The fourth-order valence-electron chi connectivity index (χ4n) is 2.28. The third kappa shape index (κ3) is 5.45. The summed E-state index contributed by atoms with van der Waals surface area (Å²) in [5.74, 6) is 0. The molecule has 0 aliphatic rings. The maximum atomic E-state index is 6.17. The Morgan fingerprint density at radius 3 is 2.23 bits per heavy atom. The second-order valence-electron chi connectivity index (χ2n) is 5.93. The van der Waals surface area contributed by atoms with E-state index < -0.39 is 0 Å². The van der Waals surface area contributed by atoms with E-state index in [2.05, 4.69) is 62.3 Å². The van der Waals surface area contributed by atoms with Crippen molar-refractivity contribution in [2.24, 2.45) is 0 Å². The van der Waals surface area contributed by atoms with Gasteiger partial charge in [-0.1, -0.05) is 53.6 Å². The molecule has 0 saturated heterocycles. The van der Waals surface area contributed by atoms with E-state index in [0.717, 1.165) is 18.0 Å². The summed E-state index contributed by atoms with van der Waals surface area (Å²) in [6, 6.07) is 16.4. The number of nitrogens with zero attached hydrogens (tertiary/aromatic N) is 1. The number of hydrogen-bond donors (Lipinski definition) is 0. The summed E-state index contributed by atoms with van der Waals surface area (Å²) in [4.78, 5) is 2.18. The van der Waals surface area contributed by atoms with Crippen LogP contribution in [-0.2, 0) is 11.3 Å². The predicted molar refractivity (Wildman–Crippen MR) is 93.3 cm³/mol. The first-order chi connectivity index (χ1) is 10.5. The number of ether oxygens (including phenoxy) is 1. The zero-order chi connectivity index (χ0) is 15.9. The van der Waals surface area contributed by atoms with Crippen LogP contribution in [-0.4, -0.2) is 25.5 Å². The zero-order valence-corrected chi connectivity index (χ0v) is 14.3. The Morgan fingerprint density at radius 1 is 1.00 bits per heavy atom. The van der Waals surface area contributed by atoms with E-state index >= 15 is 0 Å². The van der Waals surface area contributed by atoms with Gasteiger partial charge in [0.2, 0.25) is 0 Å². The van der Waals surface area contributed by atoms with E-state index in [0.29, 0.717) is 6.61 Å². The minimum absolute atomic E-state index is 0.0842. The standard InChI is InChI=1S/C19H24ClNO/c1-15-4-6-16(7-5-15)14-22-19(12-13-21(2)3)17-8-10-18(20)11-9-17/h4-11,19H,12-14H2,1-3H3/t19-/m1/s1. The number of halogens is 1. The van der Waals surface area contributed by atoms with Crippen LogP contribution in [0, 0.1) is 6.92 Å². The Kier molecular flexibility index (Phi) is 6.44. The summed E-state index contributed by atoms with van der Waals surface area (Å²) in [5.41, 5.74) is 3.65. The van der Waals surface area contributed by atoms with Crippen LogP contribution in [0.4, 0.5) is 0 Å². The highest BCUT2D eigenvalue weighted by atomic mass is 35.5. The van der Waals surface area contributed by atoms with E-state index in [-0.39, 0.29) is 6.10 Å². The molecule has 0 N–H and O–H groups in total. The van der Waals surface area contributed by atoms with Gasteiger partial charge in [-0.3, -0.25) is 0 Å². The molecule has 0 bridgehead atoms. The summed E-state index contributed by atoms with van der Waals surface area (Å²) in [6.07, 6.45) is 1.04. The van der Waals surface area contributed by atoms with E-state index in [1.165, 1.54) is 16.7 Å². The summed E-state index contributed by atoms with van der Waals surface area (Å²) in [7, 11) is 4.16. The molecule has 0 aliphatic carbocycles. The van der Waals surface area contributed by atoms with Crippen molar-refractivity contribution in [1.82, 2.24) is 4.90 Å². The van der Waals surface area contributed by atoms with Crippen LogP contribution in [0.3, 0.4) is 0 Å². The van der Waals surface area contributed by atoms with Crippen LogP contribution in [0.2, 0.25) is 5.02 Å². The van der Waals surface area contributed by atoms with Crippen molar-refractivity contribution < 1.29 is 4.74 Å². The van der Waals surface area contributed by atoms with Gasteiger partial charge in [0.05, 0.1) is 12.7 Å². The summed E-state index contributed by atoms with van der Waals surface area (Å²) < 4.78 is 6.17. The van der Waals surface area contributed by atoms with Gasteiger partial charge in [-0.25, -0.2) is 0 Å². The van der Waals surface area contributed by atoms with Gasteiger partial charge in [-0.15, -0.1) is 0 Å². The Labute approximate surface area is 138 Å². The Balaban J connectivity index is 2.03. The van der Waals surface area contributed by atoms with Crippen LogP contribution in [0.1, 0.15) is 29.2 Å². The third-order valence-corrected chi connectivity index (χ3v) is 3.90. The van der Waals surface area contributed by atoms with E-state index in [1.54, 1.807) is 0 Å². The lowest BCUT2D eigenvalue weighted by Crippen LogP contribution is -2.17. The molecule has 2 nitrogen and oxygen atoms in total. The van der Waals surface area contributed by atoms with E-state index in [9.17, 15) is 0 Å². The first kappa shape index (κ1) is 17.0. The monoisotopic (exact) mass is 317 g/mol. The van der Waals surface area contributed by atoms with Crippen molar-refractivity contribution in [1.29, 1.82) is 0 Å². The second-order valence-corrected chi connectivity index (χ2v) is 6.37. The summed E-state index contributed by atoms with van der Waals surface area (Å²) in [6.45, 7) is 3.71. The summed E-state index contributed by atoms with van der Waals surface area (Å²) in [5, 5.41) is 0.758. The van der Waals surface area contributed by atoms with Crippen molar-refractivity contribution in [3.05, 3.63) is 70.2 Å². The molecular formula is C19H24ClNO. The number of hydrogen-bond acceptors (Lipinski definition) is 2. The second kappa shape index (κ2) is 8.33. The van der Waals surface area contributed by atoms with Crippen molar-refractivity contribution in [2.75, 3.05) is 20.6 Å². The van der Waals surface area contributed by atoms with Gasteiger partial charge in [0.15, 0.2) is 0 Å². The van der Waals surface area contributed by atoms with Gasteiger partial charge in [-0.2, -0.15) is 0 Å². The lowest BCUT2D eigenvalue weighted by Gasteiger charge is -2.21. The quantitative estimate of drug-likeness (QED) is 0.723. The van der Waals surface area contributed by atoms with Crippen LogP contribution < -0.4 is 0 Å². The largest absolute Gasteiger partial charge is 0.369 e. The molecule has 1 atom stereocenters. The minimum Gasteiger partial charge on any atom is -0.369 e. The van der Waals surface area contributed by atoms with E-state index in [1.807, 2.05) is 12.1 Å². The molecule has 3 heteroatoms. The number of benzene rings is 2. The number of aryl methyl sites for hydroxylation is 1. The SMILES string of the molecule is Cc1ccc(CO[C@H](CCN(C)C)c2ccc(Cl)cc2)cc1. The minimum atomic E-state index is 0.0842. The van der Waals surface area contributed by atoms with Crippen LogP contribution in [0.25, 0.3) is 0 Å². The molecule has 0 aliphatic heterocycles. The average Bonchev–Trinajstić information content (AvgIpc) is 2.50. The van der Waals surface area contributed by atoms with Gasteiger partial charge in [0.25, 0.3) is 0 Å². The van der Waals surface area contributed by atoms with Crippen LogP contribution >= 0.6 is 11.6 Å². The molecule has 0 unspecified atom stereocenters. The maximum absolute atomic E-state index is 6.17. The van der Waals surface area contributed by atoms with Crippen LogP contribution in [0.15, 0.2) is 48.5 Å². The Morgan fingerprint density at radius 2 is 1.64 bits per heavy atom. The van der Waals surface area contributed by atoms with Gasteiger partial charge in [0, 0.05) is 11.6 Å². The fraction of sp³-hybridized carbons (Fsp3) is 0.368. The highest BCUT2D eigenvalue weighted by molar-refractivity contribution is 6.30. The molecule has 0 spiro atoms. The normalized spacial score (nSPS) is 12.6. The topological polar surface area (TPSA) is 12.5 Å². The van der Waals surface area contributed by atoms with Gasteiger partial charge in [0.1, 0.15) is 0 Å². The van der Waals surface area contributed by atoms with Gasteiger partial charge < -0.3 is 9.64 Å². The third-order valence-electron chi connectivity index (χ3n) is 3.65. The molecule has 2 aromatic carbocycles. The molecule has 0 aromatic heterocycles. The zero-order valence-electron chi connectivity index (χ0n) is 13.6. The first-order valence-corrected chi connectivity index (χ1v) is 8.00. The van der Waals surface area contributed by atoms with Crippen molar-refractivity contribution in [3.63, 3.8) is 0 Å².